The summed E-state index contributed by atoms with van der Waals surface area (Å²) in [6.45, 7) is 0. The van der Waals surface area contributed by atoms with Crippen molar-refractivity contribution in [2.75, 3.05) is 46.0 Å². The van der Waals surface area contributed by atoms with Crippen LogP contribution in [0.2, 0.25) is 0 Å². The summed E-state index contributed by atoms with van der Waals surface area (Å²) in [4.78, 5) is 0. The zero-order chi connectivity index (χ0) is 33.5. The summed E-state index contributed by atoms with van der Waals surface area (Å²) in [5, 5.41) is 9.52. The number of hydrogen-bond acceptors (Lipinski definition) is 20. The Morgan fingerprint density at radius 1 is 0.240 bits per heavy atom. The first kappa shape index (κ1) is 41.4. The molecular formula is C30H28S20. The van der Waals surface area contributed by atoms with Gasteiger partial charge in [0, 0.05) is 0 Å². The number of fused-ring (bicyclic) bond motifs is 8. The van der Waals surface area contributed by atoms with E-state index >= 15 is 0 Å². The molecule has 20 heteroatoms. The topological polar surface area (TPSA) is 0 Å². The third-order valence-electron chi connectivity index (χ3n) is 6.46. The molecule has 0 aliphatic carbocycles. The summed E-state index contributed by atoms with van der Waals surface area (Å²) >= 11 is 40.7. The van der Waals surface area contributed by atoms with Crippen LogP contribution >= 0.6 is 235 Å². The smallest absolute Gasteiger partial charge is 0.0717 e. The summed E-state index contributed by atoms with van der Waals surface area (Å²) in [6, 6.07) is 0. The van der Waals surface area contributed by atoms with Gasteiger partial charge in [0.05, 0.1) is 59.3 Å². The van der Waals surface area contributed by atoms with Crippen LogP contribution in [0.15, 0.2) is 81.0 Å². The zero-order valence-electron chi connectivity index (χ0n) is 26.0. The van der Waals surface area contributed by atoms with E-state index in [9.17, 15) is 0 Å². The van der Waals surface area contributed by atoms with Crippen molar-refractivity contribution < 1.29 is 0 Å². The summed E-state index contributed by atoms with van der Waals surface area (Å²) in [5.74, 6) is 9.62. The van der Waals surface area contributed by atoms with Gasteiger partial charge in [-0.25, -0.2) is 0 Å². The summed E-state index contributed by atoms with van der Waals surface area (Å²) < 4.78 is 21.2. The summed E-state index contributed by atoms with van der Waals surface area (Å²) in [5.41, 5.74) is 0. The molecule has 0 unspecified atom stereocenters. The second-order valence-corrected chi connectivity index (χ2v) is 34.5. The molecule has 0 aromatic rings. The zero-order valence-corrected chi connectivity index (χ0v) is 42.3. The molecule has 8 aliphatic rings. The van der Waals surface area contributed by atoms with Crippen molar-refractivity contribution in [1.82, 2.24) is 0 Å². The van der Waals surface area contributed by atoms with E-state index in [-0.39, 0.29) is 0 Å². The van der Waals surface area contributed by atoms with Gasteiger partial charge in [-0.1, -0.05) is 141 Å². The first-order valence-electron chi connectivity index (χ1n) is 15.4. The minimum Gasteiger partial charge on any atom is -0.118 e. The monoisotopic (exact) mass is 1030 g/mol. The van der Waals surface area contributed by atoms with Crippen molar-refractivity contribution in [3.05, 3.63) is 81.0 Å². The van der Waals surface area contributed by atoms with Crippen LogP contribution in [0.1, 0.15) is 25.7 Å². The fourth-order valence-electron chi connectivity index (χ4n) is 4.23. The van der Waals surface area contributed by atoms with Crippen LogP contribution in [0, 0.1) is 0 Å². The van der Waals surface area contributed by atoms with Gasteiger partial charge in [0.1, 0.15) is 0 Å². The lowest BCUT2D eigenvalue weighted by molar-refractivity contribution is 1.13. The molecule has 0 amide bonds. The van der Waals surface area contributed by atoms with Crippen molar-refractivity contribution in [3.63, 3.8) is 0 Å². The Balaban J connectivity index is 0.892. The van der Waals surface area contributed by atoms with Crippen LogP contribution in [0.3, 0.4) is 0 Å². The Bertz CT molecular complexity index is 1400. The van der Waals surface area contributed by atoms with Gasteiger partial charge in [-0.05, 0) is 93.3 Å². The molecule has 0 saturated carbocycles. The molecule has 0 aromatic carbocycles. The third kappa shape index (κ3) is 11.9. The van der Waals surface area contributed by atoms with E-state index in [1.54, 1.807) is 16.9 Å². The molecule has 0 fully saturated rings. The maximum absolute atomic E-state index is 2.38. The predicted octanol–water partition coefficient (Wildman–Crippen LogP) is 18.1. The lowest BCUT2D eigenvalue weighted by Gasteiger charge is -2.07. The summed E-state index contributed by atoms with van der Waals surface area (Å²) in [7, 11) is 0. The van der Waals surface area contributed by atoms with Crippen molar-refractivity contribution in [3.8, 4) is 0 Å². The van der Waals surface area contributed by atoms with E-state index in [1.165, 1.54) is 114 Å². The molecule has 268 valence electrons. The van der Waals surface area contributed by atoms with Gasteiger partial charge in [0.15, 0.2) is 0 Å². The van der Waals surface area contributed by atoms with Crippen LogP contribution in [-0.4, -0.2) is 46.0 Å². The molecule has 50 heavy (non-hydrogen) atoms. The maximum atomic E-state index is 2.38. The van der Waals surface area contributed by atoms with Crippen molar-refractivity contribution in [1.29, 1.82) is 0 Å². The Morgan fingerprint density at radius 2 is 0.480 bits per heavy atom. The molecule has 0 nitrogen and oxygen atoms in total. The average Bonchev–Trinajstić information content (AvgIpc) is 3.97. The second-order valence-electron chi connectivity index (χ2n) is 10.1. The molecule has 0 atom stereocenters. The molecule has 8 heterocycles. The van der Waals surface area contributed by atoms with Gasteiger partial charge < -0.3 is 0 Å². The third-order valence-corrected chi connectivity index (χ3v) is 34.7. The number of rotatable bonds is 0. The molecule has 0 radical (unpaired) electrons. The quantitative estimate of drug-likeness (QED) is 0.226. The van der Waals surface area contributed by atoms with E-state index in [1.807, 2.05) is 94.1 Å². The largest absolute Gasteiger partial charge is 0.118 e. The van der Waals surface area contributed by atoms with Gasteiger partial charge in [-0.15, -0.1) is 94.1 Å². The fourth-order valence-corrected chi connectivity index (χ4v) is 32.4. The SMILES string of the molecule is C1=C2SCCCSC3=C(SCCCSC4=CS/C(=C(\S1)S2)S4)SC(=C1SC2=C(SCCCSC4=CS/C(=C5\SC=C(SCCCS2)S5)S4)S1)S3. The molecule has 0 saturated heterocycles. The fraction of sp³-hybridized carbons (Fsp3) is 0.400. The molecule has 8 bridgehead atoms. The average molecular weight is 1030 g/mol. The van der Waals surface area contributed by atoms with Crippen molar-refractivity contribution >= 4 is 235 Å². The van der Waals surface area contributed by atoms with Crippen molar-refractivity contribution in [2.24, 2.45) is 0 Å². The van der Waals surface area contributed by atoms with Crippen LogP contribution in [0.25, 0.3) is 0 Å². The lowest BCUT2D eigenvalue weighted by atomic mass is 10.6. The van der Waals surface area contributed by atoms with Gasteiger partial charge in [0.25, 0.3) is 0 Å². The molecule has 0 spiro atoms. The minimum atomic E-state index is 1.20. The van der Waals surface area contributed by atoms with Crippen LogP contribution < -0.4 is 0 Å². The molecule has 0 N–H and O–H groups in total. The normalized spacial score (nSPS) is 29.6. The molecule has 8 aliphatic heterocycles. The first-order valence-corrected chi connectivity index (χ1v) is 33.3. The lowest BCUT2D eigenvalue weighted by Crippen LogP contribution is -1.86. The highest BCUT2D eigenvalue weighted by atomic mass is 32.3. The highest BCUT2D eigenvalue weighted by Crippen LogP contribution is 2.67. The summed E-state index contributed by atoms with van der Waals surface area (Å²) in [6.07, 6.45) is 5.00. The number of thioether (sulfide) groups is 20. The first-order chi connectivity index (χ1) is 24.7. The molecular weight excluding hydrogens is 1000 g/mol. The molecule has 8 rings (SSSR count). The van der Waals surface area contributed by atoms with Crippen LogP contribution in [0.5, 0.6) is 0 Å². The van der Waals surface area contributed by atoms with Gasteiger partial charge in [-0.3, -0.25) is 0 Å². The predicted molar refractivity (Wildman–Crippen MR) is 277 cm³/mol. The number of hydrogen-bond donors (Lipinski definition) is 0. The van der Waals surface area contributed by atoms with Gasteiger partial charge in [0.2, 0.25) is 0 Å². The van der Waals surface area contributed by atoms with Crippen molar-refractivity contribution in [2.45, 2.75) is 25.7 Å². The van der Waals surface area contributed by atoms with E-state index in [2.05, 4.69) is 163 Å². The van der Waals surface area contributed by atoms with Gasteiger partial charge in [-0.2, -0.15) is 0 Å². The standard InChI is InChI=1S/C30H28S20/c1-5-31-17-13-39-25(43-17)26-40-14-18(44-26)32-6-2-10-36-22-21(35-9-1)47-29(48-22)30-49-23-24(50-30)38-12-4-8-34-20-16-42-28(46-20)27-41-15-19(45-27)33-7-3-11-37-23/h13-16H,1-12H2/b26-25-,28-27-. The van der Waals surface area contributed by atoms with E-state index < -0.39 is 0 Å². The van der Waals surface area contributed by atoms with E-state index in [0.29, 0.717) is 0 Å². The highest BCUT2D eigenvalue weighted by molar-refractivity contribution is 8.45. The Labute approximate surface area is 382 Å². The second kappa shape index (κ2) is 21.8. The Morgan fingerprint density at radius 3 is 0.740 bits per heavy atom. The van der Waals surface area contributed by atoms with Crippen LogP contribution in [0.4, 0.5) is 0 Å². The Kier molecular flexibility index (Phi) is 18.0. The Hall–Kier alpha value is 4.66. The minimum absolute atomic E-state index is 1.20. The van der Waals surface area contributed by atoms with E-state index in [4.69, 9.17) is 0 Å². The van der Waals surface area contributed by atoms with Crippen LogP contribution in [-0.2, 0) is 0 Å². The maximum Gasteiger partial charge on any atom is 0.0717 e. The van der Waals surface area contributed by atoms with E-state index in [0.717, 1.165) is 0 Å². The molecule has 0 aromatic heterocycles. The highest BCUT2D eigenvalue weighted by Gasteiger charge is 2.31. The van der Waals surface area contributed by atoms with Gasteiger partial charge >= 0.3 is 0 Å².